The standard InChI is InChI=1S/C17H19BrO3/c1-3-20-14-8-5-12(6-9-14)17(19)15-11-13(18)7-10-16(15)21-4-2/h5-11,17,19H,3-4H2,1-2H3. The molecular weight excluding hydrogens is 332 g/mol. The minimum Gasteiger partial charge on any atom is -0.494 e. The van der Waals surface area contributed by atoms with Crippen LogP contribution in [0.25, 0.3) is 0 Å². The molecule has 21 heavy (non-hydrogen) atoms. The van der Waals surface area contributed by atoms with Crippen LogP contribution in [0.15, 0.2) is 46.9 Å². The van der Waals surface area contributed by atoms with Crippen LogP contribution in [0.3, 0.4) is 0 Å². The monoisotopic (exact) mass is 350 g/mol. The Morgan fingerprint density at radius 1 is 1.00 bits per heavy atom. The van der Waals surface area contributed by atoms with Gasteiger partial charge in [0.15, 0.2) is 0 Å². The van der Waals surface area contributed by atoms with E-state index in [0.717, 1.165) is 21.3 Å². The molecule has 0 fully saturated rings. The Balaban J connectivity index is 2.30. The van der Waals surface area contributed by atoms with Crippen molar-refractivity contribution in [3.63, 3.8) is 0 Å². The molecule has 0 aromatic heterocycles. The summed E-state index contributed by atoms with van der Waals surface area (Å²) in [5.74, 6) is 1.50. The van der Waals surface area contributed by atoms with E-state index in [2.05, 4.69) is 15.9 Å². The van der Waals surface area contributed by atoms with E-state index in [0.29, 0.717) is 19.0 Å². The average Bonchev–Trinajstić information content (AvgIpc) is 2.50. The molecular formula is C17H19BrO3. The van der Waals surface area contributed by atoms with Gasteiger partial charge in [-0.05, 0) is 49.7 Å². The van der Waals surface area contributed by atoms with Crippen LogP contribution in [0.4, 0.5) is 0 Å². The lowest BCUT2D eigenvalue weighted by atomic mass is 10.0. The summed E-state index contributed by atoms with van der Waals surface area (Å²) < 4.78 is 11.9. The molecule has 1 unspecified atom stereocenters. The quantitative estimate of drug-likeness (QED) is 0.842. The summed E-state index contributed by atoms with van der Waals surface area (Å²) in [5.41, 5.74) is 1.55. The minimum atomic E-state index is -0.736. The van der Waals surface area contributed by atoms with Crippen LogP contribution in [0.5, 0.6) is 11.5 Å². The van der Waals surface area contributed by atoms with Crippen molar-refractivity contribution in [2.24, 2.45) is 0 Å². The van der Waals surface area contributed by atoms with Gasteiger partial charge in [0.2, 0.25) is 0 Å². The highest BCUT2D eigenvalue weighted by Crippen LogP contribution is 2.33. The van der Waals surface area contributed by atoms with Gasteiger partial charge in [-0.15, -0.1) is 0 Å². The van der Waals surface area contributed by atoms with Crippen molar-refractivity contribution in [2.75, 3.05) is 13.2 Å². The average molecular weight is 351 g/mol. The minimum absolute atomic E-state index is 0.560. The number of rotatable bonds is 6. The molecule has 2 rings (SSSR count). The fourth-order valence-electron chi connectivity index (χ4n) is 2.11. The van der Waals surface area contributed by atoms with Crippen LogP contribution in [0.1, 0.15) is 31.1 Å². The second kappa shape index (κ2) is 7.48. The fourth-order valence-corrected chi connectivity index (χ4v) is 2.49. The molecule has 1 N–H and O–H groups in total. The Morgan fingerprint density at radius 3 is 2.29 bits per heavy atom. The Bertz CT molecular complexity index is 581. The summed E-state index contributed by atoms with van der Waals surface area (Å²) in [6.07, 6.45) is -0.736. The SMILES string of the molecule is CCOc1ccc(C(O)c2cc(Br)ccc2OCC)cc1. The Morgan fingerprint density at radius 2 is 1.67 bits per heavy atom. The van der Waals surface area contributed by atoms with Gasteiger partial charge in [-0.2, -0.15) is 0 Å². The zero-order chi connectivity index (χ0) is 15.2. The van der Waals surface area contributed by atoms with E-state index < -0.39 is 6.10 Å². The number of hydrogen-bond donors (Lipinski definition) is 1. The highest BCUT2D eigenvalue weighted by Gasteiger charge is 2.16. The molecule has 0 saturated heterocycles. The lowest BCUT2D eigenvalue weighted by Gasteiger charge is -2.17. The first kappa shape index (κ1) is 15.9. The molecule has 0 aliphatic heterocycles. The molecule has 2 aromatic rings. The number of hydrogen-bond acceptors (Lipinski definition) is 3. The van der Waals surface area contributed by atoms with Crippen LogP contribution in [0.2, 0.25) is 0 Å². The first-order valence-corrected chi connectivity index (χ1v) is 7.78. The lowest BCUT2D eigenvalue weighted by molar-refractivity contribution is 0.211. The van der Waals surface area contributed by atoms with E-state index in [1.165, 1.54) is 0 Å². The molecule has 0 bridgehead atoms. The lowest BCUT2D eigenvalue weighted by Crippen LogP contribution is -2.04. The summed E-state index contributed by atoms with van der Waals surface area (Å²) in [6.45, 7) is 5.06. The number of aliphatic hydroxyl groups is 1. The summed E-state index contributed by atoms with van der Waals surface area (Å²) in [5, 5.41) is 10.6. The van der Waals surface area contributed by atoms with Crippen molar-refractivity contribution in [1.29, 1.82) is 0 Å². The van der Waals surface area contributed by atoms with Gasteiger partial charge in [0.25, 0.3) is 0 Å². The zero-order valence-electron chi connectivity index (χ0n) is 12.2. The van der Waals surface area contributed by atoms with Crippen LogP contribution >= 0.6 is 15.9 Å². The van der Waals surface area contributed by atoms with Crippen LogP contribution in [0, 0.1) is 0 Å². The Labute approximate surface area is 133 Å². The van der Waals surface area contributed by atoms with Gasteiger partial charge in [-0.3, -0.25) is 0 Å². The van der Waals surface area contributed by atoms with Gasteiger partial charge >= 0.3 is 0 Å². The summed E-state index contributed by atoms with van der Waals surface area (Å²) >= 11 is 3.43. The number of halogens is 1. The largest absolute Gasteiger partial charge is 0.494 e. The molecule has 4 heteroatoms. The third-order valence-corrected chi connectivity index (χ3v) is 3.57. The van der Waals surface area contributed by atoms with Crippen LogP contribution in [-0.4, -0.2) is 18.3 Å². The molecule has 0 spiro atoms. The second-order valence-corrected chi connectivity index (χ2v) is 5.44. The molecule has 0 amide bonds. The van der Waals surface area contributed by atoms with Crippen LogP contribution in [-0.2, 0) is 0 Å². The number of ether oxygens (including phenoxy) is 2. The van der Waals surface area contributed by atoms with Crippen molar-refractivity contribution in [3.8, 4) is 11.5 Å². The van der Waals surface area contributed by atoms with E-state index in [9.17, 15) is 5.11 Å². The summed E-state index contributed by atoms with van der Waals surface area (Å²) in [7, 11) is 0. The van der Waals surface area contributed by atoms with Crippen molar-refractivity contribution < 1.29 is 14.6 Å². The van der Waals surface area contributed by atoms with Crippen molar-refractivity contribution in [3.05, 3.63) is 58.1 Å². The predicted octanol–water partition coefficient (Wildman–Crippen LogP) is 4.33. The maximum absolute atomic E-state index is 10.6. The van der Waals surface area contributed by atoms with Gasteiger partial charge in [0, 0.05) is 10.0 Å². The van der Waals surface area contributed by atoms with Crippen molar-refractivity contribution in [2.45, 2.75) is 20.0 Å². The Hall–Kier alpha value is -1.52. The van der Waals surface area contributed by atoms with E-state index in [4.69, 9.17) is 9.47 Å². The van der Waals surface area contributed by atoms with Gasteiger partial charge in [0.05, 0.1) is 13.2 Å². The molecule has 0 radical (unpaired) electrons. The van der Waals surface area contributed by atoms with Crippen LogP contribution < -0.4 is 9.47 Å². The van der Waals surface area contributed by atoms with Crippen molar-refractivity contribution >= 4 is 15.9 Å². The smallest absolute Gasteiger partial charge is 0.125 e. The molecule has 0 saturated carbocycles. The molecule has 0 aliphatic carbocycles. The van der Waals surface area contributed by atoms with E-state index >= 15 is 0 Å². The molecule has 0 aliphatic rings. The number of aliphatic hydroxyl groups excluding tert-OH is 1. The molecule has 2 aromatic carbocycles. The second-order valence-electron chi connectivity index (χ2n) is 4.52. The predicted molar refractivity (Wildman–Crippen MR) is 87.0 cm³/mol. The van der Waals surface area contributed by atoms with Gasteiger partial charge in [0.1, 0.15) is 17.6 Å². The van der Waals surface area contributed by atoms with E-state index in [1.807, 2.05) is 56.3 Å². The maximum Gasteiger partial charge on any atom is 0.125 e. The molecule has 3 nitrogen and oxygen atoms in total. The first-order valence-electron chi connectivity index (χ1n) is 6.98. The van der Waals surface area contributed by atoms with Gasteiger partial charge < -0.3 is 14.6 Å². The highest BCUT2D eigenvalue weighted by molar-refractivity contribution is 9.10. The fraction of sp³-hybridized carbons (Fsp3) is 0.294. The highest BCUT2D eigenvalue weighted by atomic mass is 79.9. The molecule has 112 valence electrons. The van der Waals surface area contributed by atoms with Crippen molar-refractivity contribution in [1.82, 2.24) is 0 Å². The Kier molecular flexibility index (Phi) is 5.65. The van der Waals surface area contributed by atoms with E-state index in [1.54, 1.807) is 0 Å². The summed E-state index contributed by atoms with van der Waals surface area (Å²) in [4.78, 5) is 0. The normalized spacial score (nSPS) is 12.0. The zero-order valence-corrected chi connectivity index (χ0v) is 13.8. The van der Waals surface area contributed by atoms with Gasteiger partial charge in [-0.1, -0.05) is 28.1 Å². The van der Waals surface area contributed by atoms with Gasteiger partial charge in [-0.25, -0.2) is 0 Å². The first-order chi connectivity index (χ1) is 10.2. The van der Waals surface area contributed by atoms with E-state index in [-0.39, 0.29) is 0 Å². The number of benzene rings is 2. The molecule has 0 heterocycles. The summed E-state index contributed by atoms with van der Waals surface area (Å²) in [6, 6.07) is 13.1. The molecule has 1 atom stereocenters. The third-order valence-electron chi connectivity index (χ3n) is 3.07. The maximum atomic E-state index is 10.6. The topological polar surface area (TPSA) is 38.7 Å². The third kappa shape index (κ3) is 3.99.